The molecule has 1 aromatic heterocycles. The number of carbonyl (C=O) groups is 5. The number of rotatable bonds is 11. The topological polar surface area (TPSA) is 134 Å². The average molecular weight is 747 g/mol. The van der Waals surface area contributed by atoms with Gasteiger partial charge in [-0.15, -0.1) is 23.1 Å². The third-order valence-corrected chi connectivity index (χ3v) is 10.9. The van der Waals surface area contributed by atoms with Gasteiger partial charge in [-0.05, 0) is 78.6 Å². The Kier molecular flexibility index (Phi) is 11.7. The SMILES string of the molecule is CCOC(=O)c1c(NC(=O)C(C)Sc2cccc(NC(=O)/C(=C\c3cccc4ccccc34)NC(=O)c3ccccc3)c2)sc2c1CCN(C(C)=O)C2. The molecule has 270 valence electrons. The fraction of sp³-hybridized carbons (Fsp3) is 0.195. The van der Waals surface area contributed by atoms with E-state index in [4.69, 9.17) is 4.74 Å². The molecule has 0 fully saturated rings. The van der Waals surface area contributed by atoms with E-state index in [-0.39, 0.29) is 24.1 Å². The predicted octanol–water partition coefficient (Wildman–Crippen LogP) is 7.51. The normalized spacial score (nSPS) is 13.1. The molecular weight excluding hydrogens is 709 g/mol. The fourth-order valence-electron chi connectivity index (χ4n) is 5.97. The minimum Gasteiger partial charge on any atom is -0.462 e. The number of thiophene rings is 1. The molecule has 10 nitrogen and oxygen atoms in total. The van der Waals surface area contributed by atoms with Crippen molar-refractivity contribution in [3.05, 3.63) is 130 Å². The van der Waals surface area contributed by atoms with E-state index in [9.17, 15) is 24.0 Å². The van der Waals surface area contributed by atoms with Gasteiger partial charge >= 0.3 is 5.97 Å². The van der Waals surface area contributed by atoms with Gasteiger partial charge < -0.3 is 25.6 Å². The number of carbonyl (C=O) groups excluding carboxylic acids is 5. The summed E-state index contributed by atoms with van der Waals surface area (Å²) in [4.78, 5) is 68.9. The average Bonchev–Trinajstić information content (AvgIpc) is 3.52. The molecule has 0 bridgehead atoms. The molecule has 5 aromatic rings. The second kappa shape index (κ2) is 16.7. The highest BCUT2D eigenvalue weighted by Gasteiger charge is 2.31. The zero-order valence-electron chi connectivity index (χ0n) is 29.4. The van der Waals surface area contributed by atoms with Crippen molar-refractivity contribution in [2.75, 3.05) is 23.8 Å². The van der Waals surface area contributed by atoms with Crippen LogP contribution in [0.4, 0.5) is 10.7 Å². The molecule has 12 heteroatoms. The molecule has 0 spiro atoms. The summed E-state index contributed by atoms with van der Waals surface area (Å²) in [6, 6.07) is 29.3. The van der Waals surface area contributed by atoms with Crippen molar-refractivity contribution < 1.29 is 28.7 Å². The van der Waals surface area contributed by atoms with Crippen molar-refractivity contribution in [3.8, 4) is 0 Å². The number of esters is 1. The van der Waals surface area contributed by atoms with E-state index in [1.165, 1.54) is 30.0 Å². The Balaban J connectivity index is 1.19. The molecule has 4 aromatic carbocycles. The predicted molar refractivity (Wildman–Crippen MR) is 210 cm³/mol. The maximum Gasteiger partial charge on any atom is 0.341 e. The van der Waals surface area contributed by atoms with Crippen molar-refractivity contribution in [2.45, 2.75) is 43.9 Å². The molecule has 0 radical (unpaired) electrons. The summed E-state index contributed by atoms with van der Waals surface area (Å²) in [5.74, 6) is -1.82. The van der Waals surface area contributed by atoms with Crippen LogP contribution in [0.5, 0.6) is 0 Å². The lowest BCUT2D eigenvalue weighted by Crippen LogP contribution is -2.34. The number of hydrogen-bond donors (Lipinski definition) is 3. The Bertz CT molecular complexity index is 2230. The summed E-state index contributed by atoms with van der Waals surface area (Å²) in [5, 5.41) is 10.4. The van der Waals surface area contributed by atoms with E-state index in [0.29, 0.717) is 46.2 Å². The zero-order valence-corrected chi connectivity index (χ0v) is 31.1. The standard InChI is InChI=1S/C41H38N4O6S2/c1-4-51-41(50)36-33-20-21-45(26(3)46)24-35(33)53-40(36)44-37(47)25(2)52-31-18-11-17-30(23-31)42-39(49)34(43-38(48)28-13-6-5-7-14-28)22-29-16-10-15-27-12-8-9-19-32(27)29/h5-19,22-23,25H,4,20-21,24H2,1-3H3,(H,42,49)(H,43,48)(H,44,47)/b34-22+. The van der Waals surface area contributed by atoms with Crippen LogP contribution in [0.2, 0.25) is 0 Å². The van der Waals surface area contributed by atoms with Crippen LogP contribution in [0.3, 0.4) is 0 Å². The highest BCUT2D eigenvalue weighted by Crippen LogP contribution is 2.38. The maximum absolute atomic E-state index is 13.8. The lowest BCUT2D eigenvalue weighted by Gasteiger charge is -2.25. The lowest BCUT2D eigenvalue weighted by atomic mass is 10.0. The molecule has 3 N–H and O–H groups in total. The number of nitrogens with zero attached hydrogens (tertiary/aromatic N) is 1. The van der Waals surface area contributed by atoms with Gasteiger partial charge in [0.15, 0.2) is 0 Å². The molecule has 0 saturated carbocycles. The highest BCUT2D eigenvalue weighted by molar-refractivity contribution is 8.00. The first kappa shape index (κ1) is 37.1. The van der Waals surface area contributed by atoms with Crippen LogP contribution >= 0.6 is 23.1 Å². The number of amides is 4. The number of anilines is 2. The van der Waals surface area contributed by atoms with Crippen molar-refractivity contribution >= 4 is 80.2 Å². The van der Waals surface area contributed by atoms with Crippen LogP contribution in [0.15, 0.2) is 108 Å². The number of ether oxygens (including phenoxy) is 1. The number of thioether (sulfide) groups is 1. The summed E-state index contributed by atoms with van der Waals surface area (Å²) >= 11 is 2.57. The van der Waals surface area contributed by atoms with Crippen LogP contribution in [0.25, 0.3) is 16.8 Å². The van der Waals surface area contributed by atoms with Gasteiger partial charge in [-0.25, -0.2) is 4.79 Å². The minimum absolute atomic E-state index is 0.0511. The van der Waals surface area contributed by atoms with Crippen molar-refractivity contribution in [1.29, 1.82) is 0 Å². The van der Waals surface area contributed by atoms with Gasteiger partial charge in [-0.3, -0.25) is 19.2 Å². The molecule has 1 aliphatic heterocycles. The first-order valence-corrected chi connectivity index (χ1v) is 18.8. The molecule has 1 unspecified atom stereocenters. The summed E-state index contributed by atoms with van der Waals surface area (Å²) in [5.41, 5.74) is 2.85. The van der Waals surface area contributed by atoms with Crippen LogP contribution in [-0.4, -0.2) is 52.9 Å². The molecular formula is C41H38N4O6S2. The van der Waals surface area contributed by atoms with Gasteiger partial charge in [0.25, 0.3) is 11.8 Å². The zero-order chi connectivity index (χ0) is 37.5. The van der Waals surface area contributed by atoms with E-state index in [0.717, 1.165) is 26.8 Å². The van der Waals surface area contributed by atoms with Gasteiger partial charge in [-0.1, -0.05) is 66.7 Å². The largest absolute Gasteiger partial charge is 0.462 e. The first-order chi connectivity index (χ1) is 25.6. The van der Waals surface area contributed by atoms with E-state index in [1.807, 2.05) is 54.6 Å². The van der Waals surface area contributed by atoms with Crippen LogP contribution < -0.4 is 16.0 Å². The first-order valence-electron chi connectivity index (χ1n) is 17.1. The summed E-state index contributed by atoms with van der Waals surface area (Å²) < 4.78 is 5.33. The van der Waals surface area contributed by atoms with Gasteiger partial charge in [0.2, 0.25) is 11.8 Å². The molecule has 6 rings (SSSR count). The third kappa shape index (κ3) is 8.85. The Hall–Kier alpha value is -5.72. The van der Waals surface area contributed by atoms with E-state index in [2.05, 4.69) is 16.0 Å². The maximum atomic E-state index is 13.8. The number of hydrogen-bond acceptors (Lipinski definition) is 8. The fourth-order valence-corrected chi connectivity index (χ4v) is 8.15. The second-order valence-corrected chi connectivity index (χ2v) is 14.8. The van der Waals surface area contributed by atoms with E-state index in [1.54, 1.807) is 67.3 Å². The van der Waals surface area contributed by atoms with E-state index < -0.39 is 23.0 Å². The van der Waals surface area contributed by atoms with Gasteiger partial charge in [-0.2, -0.15) is 0 Å². The quantitative estimate of drug-likeness (QED) is 0.0724. The third-order valence-electron chi connectivity index (χ3n) is 8.64. The number of benzene rings is 4. The lowest BCUT2D eigenvalue weighted by molar-refractivity contribution is -0.129. The molecule has 0 aliphatic carbocycles. The molecule has 1 aliphatic rings. The molecule has 4 amide bonds. The number of fused-ring (bicyclic) bond motifs is 2. The Labute approximate surface area is 315 Å². The summed E-state index contributed by atoms with van der Waals surface area (Å²) in [6.45, 7) is 6.04. The molecule has 2 heterocycles. The summed E-state index contributed by atoms with van der Waals surface area (Å²) in [6.07, 6.45) is 2.15. The molecule has 0 saturated heterocycles. The summed E-state index contributed by atoms with van der Waals surface area (Å²) in [7, 11) is 0. The Morgan fingerprint density at radius 3 is 2.43 bits per heavy atom. The highest BCUT2D eigenvalue weighted by atomic mass is 32.2. The minimum atomic E-state index is -0.587. The van der Waals surface area contributed by atoms with Crippen molar-refractivity contribution in [3.63, 3.8) is 0 Å². The monoisotopic (exact) mass is 746 g/mol. The van der Waals surface area contributed by atoms with Crippen molar-refractivity contribution in [1.82, 2.24) is 10.2 Å². The van der Waals surface area contributed by atoms with Crippen molar-refractivity contribution in [2.24, 2.45) is 0 Å². The molecule has 1 atom stereocenters. The van der Waals surface area contributed by atoms with Gasteiger partial charge in [0, 0.05) is 34.5 Å². The van der Waals surface area contributed by atoms with Gasteiger partial charge in [0.05, 0.1) is 24.0 Å². The Morgan fingerprint density at radius 2 is 1.66 bits per heavy atom. The second-order valence-electron chi connectivity index (χ2n) is 12.3. The number of nitrogens with one attached hydrogen (secondary N) is 3. The van der Waals surface area contributed by atoms with Crippen LogP contribution in [0, 0.1) is 0 Å². The Morgan fingerprint density at radius 1 is 0.925 bits per heavy atom. The van der Waals surface area contributed by atoms with Gasteiger partial charge in [0.1, 0.15) is 10.7 Å². The smallest absolute Gasteiger partial charge is 0.341 e. The van der Waals surface area contributed by atoms with Crippen LogP contribution in [0.1, 0.15) is 57.5 Å². The van der Waals surface area contributed by atoms with Crippen LogP contribution in [-0.2, 0) is 32.1 Å². The van der Waals surface area contributed by atoms with E-state index >= 15 is 0 Å². The molecule has 53 heavy (non-hydrogen) atoms.